The van der Waals surface area contributed by atoms with Crippen molar-refractivity contribution < 1.29 is 14.4 Å². The van der Waals surface area contributed by atoms with Crippen molar-refractivity contribution in [1.29, 1.82) is 0 Å². The van der Waals surface area contributed by atoms with Crippen LogP contribution in [0.3, 0.4) is 0 Å². The van der Waals surface area contributed by atoms with E-state index in [1.54, 1.807) is 6.92 Å². The molecule has 104 valence electrons. The van der Waals surface area contributed by atoms with Gasteiger partial charge in [-0.1, -0.05) is 0 Å². The van der Waals surface area contributed by atoms with Gasteiger partial charge >= 0.3 is 0 Å². The highest BCUT2D eigenvalue weighted by atomic mass is 16.6. The SMILES string of the molecule is COc1cc([N+](=O)[O-])ccc1Oc1nc(N)ncc1C. The maximum atomic E-state index is 10.7. The number of nitro groups is 1. The lowest BCUT2D eigenvalue weighted by molar-refractivity contribution is -0.384. The molecule has 8 heteroatoms. The van der Waals surface area contributed by atoms with Gasteiger partial charge in [0.2, 0.25) is 11.8 Å². The molecule has 2 N–H and O–H groups in total. The molecule has 0 aliphatic heterocycles. The number of nitro benzene ring substituents is 1. The number of nitrogens with two attached hydrogens (primary N) is 1. The van der Waals surface area contributed by atoms with Crippen LogP contribution in [-0.2, 0) is 0 Å². The van der Waals surface area contributed by atoms with Crippen molar-refractivity contribution in [2.24, 2.45) is 0 Å². The lowest BCUT2D eigenvalue weighted by atomic mass is 10.3. The summed E-state index contributed by atoms with van der Waals surface area (Å²) < 4.78 is 10.6. The summed E-state index contributed by atoms with van der Waals surface area (Å²) in [7, 11) is 1.40. The van der Waals surface area contributed by atoms with E-state index in [2.05, 4.69) is 9.97 Å². The molecule has 0 unspecified atom stereocenters. The number of anilines is 1. The molecule has 2 rings (SSSR count). The molecule has 20 heavy (non-hydrogen) atoms. The Morgan fingerprint density at radius 2 is 2.10 bits per heavy atom. The molecule has 0 saturated heterocycles. The summed E-state index contributed by atoms with van der Waals surface area (Å²) >= 11 is 0. The zero-order chi connectivity index (χ0) is 14.7. The van der Waals surface area contributed by atoms with Gasteiger partial charge in [-0.3, -0.25) is 10.1 Å². The van der Waals surface area contributed by atoms with Crippen LogP contribution >= 0.6 is 0 Å². The molecule has 1 aromatic carbocycles. The van der Waals surface area contributed by atoms with Crippen LogP contribution in [0.15, 0.2) is 24.4 Å². The molecule has 1 aromatic heterocycles. The fraction of sp³-hybridized carbons (Fsp3) is 0.167. The fourth-order valence-corrected chi connectivity index (χ4v) is 1.50. The van der Waals surface area contributed by atoms with Crippen molar-refractivity contribution in [2.75, 3.05) is 12.8 Å². The highest BCUT2D eigenvalue weighted by Gasteiger charge is 2.14. The maximum Gasteiger partial charge on any atom is 0.273 e. The zero-order valence-electron chi connectivity index (χ0n) is 10.9. The van der Waals surface area contributed by atoms with Gasteiger partial charge in [0.25, 0.3) is 5.69 Å². The van der Waals surface area contributed by atoms with Crippen LogP contribution in [0.2, 0.25) is 0 Å². The van der Waals surface area contributed by atoms with E-state index < -0.39 is 4.92 Å². The Morgan fingerprint density at radius 3 is 2.75 bits per heavy atom. The van der Waals surface area contributed by atoms with Gasteiger partial charge < -0.3 is 15.2 Å². The largest absolute Gasteiger partial charge is 0.493 e. The van der Waals surface area contributed by atoms with Gasteiger partial charge in [-0.25, -0.2) is 4.98 Å². The summed E-state index contributed by atoms with van der Waals surface area (Å²) in [6.45, 7) is 1.76. The molecular weight excluding hydrogens is 264 g/mol. The Bertz CT molecular complexity index is 660. The highest BCUT2D eigenvalue weighted by Crippen LogP contribution is 2.34. The van der Waals surface area contributed by atoms with Crippen LogP contribution < -0.4 is 15.2 Å². The average molecular weight is 276 g/mol. The van der Waals surface area contributed by atoms with Crippen LogP contribution in [0.5, 0.6) is 17.4 Å². The summed E-state index contributed by atoms with van der Waals surface area (Å²) in [5.74, 6) is 0.881. The summed E-state index contributed by atoms with van der Waals surface area (Å²) in [5.41, 5.74) is 6.08. The van der Waals surface area contributed by atoms with Crippen molar-refractivity contribution >= 4 is 11.6 Å². The van der Waals surface area contributed by atoms with Crippen molar-refractivity contribution in [3.63, 3.8) is 0 Å². The molecule has 1 heterocycles. The molecule has 0 bridgehead atoms. The normalized spacial score (nSPS) is 10.1. The van der Waals surface area contributed by atoms with E-state index in [9.17, 15) is 10.1 Å². The van der Waals surface area contributed by atoms with E-state index in [-0.39, 0.29) is 23.3 Å². The topological polar surface area (TPSA) is 113 Å². The first-order valence-electron chi connectivity index (χ1n) is 5.60. The zero-order valence-corrected chi connectivity index (χ0v) is 10.9. The predicted octanol–water partition coefficient (Wildman–Crippen LogP) is 2.08. The minimum Gasteiger partial charge on any atom is -0.493 e. The summed E-state index contributed by atoms with van der Waals surface area (Å²) in [6, 6.07) is 4.03. The van der Waals surface area contributed by atoms with Crippen molar-refractivity contribution in [2.45, 2.75) is 6.92 Å². The van der Waals surface area contributed by atoms with E-state index in [4.69, 9.17) is 15.2 Å². The molecule has 2 aromatic rings. The number of nitrogen functional groups attached to an aromatic ring is 1. The Labute approximate surface area is 114 Å². The number of ether oxygens (including phenoxy) is 2. The molecule has 8 nitrogen and oxygen atoms in total. The smallest absolute Gasteiger partial charge is 0.273 e. The second-order valence-electron chi connectivity index (χ2n) is 3.91. The fourth-order valence-electron chi connectivity index (χ4n) is 1.50. The van der Waals surface area contributed by atoms with E-state index >= 15 is 0 Å². The van der Waals surface area contributed by atoms with Crippen LogP contribution in [0, 0.1) is 17.0 Å². The lowest BCUT2D eigenvalue weighted by Crippen LogP contribution is -2.00. The van der Waals surface area contributed by atoms with Gasteiger partial charge in [-0.15, -0.1) is 0 Å². The van der Waals surface area contributed by atoms with Gasteiger partial charge in [-0.05, 0) is 13.0 Å². The summed E-state index contributed by atoms with van der Waals surface area (Å²) in [4.78, 5) is 18.0. The first-order chi connectivity index (χ1) is 9.51. The Balaban J connectivity index is 2.38. The molecule has 0 spiro atoms. The van der Waals surface area contributed by atoms with E-state index in [1.165, 1.54) is 31.5 Å². The second kappa shape index (κ2) is 5.39. The van der Waals surface area contributed by atoms with Gasteiger partial charge in [-0.2, -0.15) is 4.98 Å². The predicted molar refractivity (Wildman–Crippen MR) is 70.9 cm³/mol. The number of methoxy groups -OCH3 is 1. The molecule has 0 atom stereocenters. The maximum absolute atomic E-state index is 10.7. The number of nitrogens with zero attached hydrogens (tertiary/aromatic N) is 3. The van der Waals surface area contributed by atoms with Gasteiger partial charge in [0.15, 0.2) is 11.5 Å². The first-order valence-corrected chi connectivity index (χ1v) is 5.60. The Hall–Kier alpha value is -2.90. The van der Waals surface area contributed by atoms with Crippen LogP contribution in [0.4, 0.5) is 11.6 Å². The molecule has 0 saturated carbocycles. The molecular formula is C12H12N4O4. The van der Waals surface area contributed by atoms with E-state index in [0.717, 1.165) is 0 Å². The number of rotatable bonds is 4. The van der Waals surface area contributed by atoms with Crippen LogP contribution in [-0.4, -0.2) is 22.0 Å². The third-order valence-electron chi connectivity index (χ3n) is 2.51. The number of hydrogen-bond acceptors (Lipinski definition) is 7. The second-order valence-corrected chi connectivity index (χ2v) is 3.91. The first kappa shape index (κ1) is 13.5. The molecule has 0 amide bonds. The van der Waals surface area contributed by atoms with Crippen LogP contribution in [0.1, 0.15) is 5.56 Å². The summed E-state index contributed by atoms with van der Waals surface area (Å²) in [6.07, 6.45) is 1.52. The van der Waals surface area contributed by atoms with Gasteiger partial charge in [0.1, 0.15) is 0 Å². The average Bonchev–Trinajstić information content (AvgIpc) is 2.43. The minimum atomic E-state index is -0.514. The standard InChI is InChI=1S/C12H12N4O4/c1-7-6-14-12(13)15-11(7)20-9-4-3-8(16(17)18)5-10(9)19-2/h3-6H,1-2H3,(H2,13,14,15). The number of non-ortho nitro benzene ring substituents is 1. The monoisotopic (exact) mass is 276 g/mol. The summed E-state index contributed by atoms with van der Waals surface area (Å²) in [5, 5.41) is 10.7. The quantitative estimate of drug-likeness (QED) is 0.671. The van der Waals surface area contributed by atoms with Crippen molar-refractivity contribution in [3.05, 3.63) is 40.1 Å². The van der Waals surface area contributed by atoms with Gasteiger partial charge in [0, 0.05) is 17.8 Å². The third-order valence-corrected chi connectivity index (χ3v) is 2.51. The third kappa shape index (κ3) is 2.74. The Morgan fingerprint density at radius 1 is 1.35 bits per heavy atom. The number of aromatic nitrogens is 2. The number of hydrogen-bond donors (Lipinski definition) is 1. The molecule has 0 fully saturated rings. The van der Waals surface area contributed by atoms with Gasteiger partial charge in [0.05, 0.1) is 18.1 Å². The number of benzene rings is 1. The lowest BCUT2D eigenvalue weighted by Gasteiger charge is -2.10. The van der Waals surface area contributed by atoms with Crippen molar-refractivity contribution in [1.82, 2.24) is 9.97 Å². The molecule has 0 aliphatic rings. The van der Waals surface area contributed by atoms with E-state index in [1.807, 2.05) is 0 Å². The van der Waals surface area contributed by atoms with Crippen LogP contribution in [0.25, 0.3) is 0 Å². The Kier molecular flexibility index (Phi) is 3.65. The highest BCUT2D eigenvalue weighted by molar-refractivity contribution is 5.50. The molecule has 0 aliphatic carbocycles. The minimum absolute atomic E-state index is 0.0754. The van der Waals surface area contributed by atoms with Crippen molar-refractivity contribution in [3.8, 4) is 17.4 Å². The number of aryl methyl sites for hydroxylation is 1. The molecule has 0 radical (unpaired) electrons. The van der Waals surface area contributed by atoms with E-state index in [0.29, 0.717) is 11.3 Å².